The van der Waals surface area contributed by atoms with Crippen LogP contribution in [0.1, 0.15) is 19.8 Å². The maximum absolute atomic E-state index is 5.11. The second kappa shape index (κ2) is 7.22. The van der Waals surface area contributed by atoms with Gasteiger partial charge in [0.25, 0.3) is 0 Å². The van der Waals surface area contributed by atoms with Crippen LogP contribution in [0.4, 0.5) is 0 Å². The summed E-state index contributed by atoms with van der Waals surface area (Å²) in [6, 6.07) is 0. The molecule has 0 amide bonds. The molecule has 0 saturated carbocycles. The van der Waals surface area contributed by atoms with E-state index in [0.717, 1.165) is 12.8 Å². The zero-order valence-corrected chi connectivity index (χ0v) is 5.88. The fourth-order valence-corrected chi connectivity index (χ4v) is 0.499. The van der Waals surface area contributed by atoms with Gasteiger partial charge in [0.05, 0.1) is 0 Å². The van der Waals surface area contributed by atoms with Gasteiger partial charge in [-0.2, -0.15) is 0 Å². The second-order valence-corrected chi connectivity index (χ2v) is 1.74. The van der Waals surface area contributed by atoms with E-state index in [2.05, 4.69) is 19.1 Å². The summed E-state index contributed by atoms with van der Waals surface area (Å²) in [7, 11) is 0. The van der Waals surface area contributed by atoms with Crippen molar-refractivity contribution in [3.05, 3.63) is 37.0 Å². The predicted octanol–water partition coefficient (Wildman–Crippen LogP) is 2.89. The summed E-state index contributed by atoms with van der Waals surface area (Å²) >= 11 is 0. The second-order valence-electron chi connectivity index (χ2n) is 1.74. The summed E-state index contributed by atoms with van der Waals surface area (Å²) in [6.45, 7) is 7.23. The van der Waals surface area contributed by atoms with Crippen molar-refractivity contribution in [2.45, 2.75) is 19.8 Å². The molecule has 9 heavy (non-hydrogen) atoms. The highest BCUT2D eigenvalue weighted by Gasteiger charge is 1.66. The quantitative estimate of drug-likeness (QED) is 0.396. The molecule has 0 fully saturated rings. The van der Waals surface area contributed by atoms with Crippen LogP contribution in [0.5, 0.6) is 0 Å². The van der Waals surface area contributed by atoms with E-state index in [0.29, 0.717) is 0 Å². The Morgan fingerprint density at radius 1 is 1.22 bits per heavy atom. The molecule has 0 aliphatic rings. The van der Waals surface area contributed by atoms with Crippen molar-refractivity contribution in [1.82, 2.24) is 0 Å². The van der Waals surface area contributed by atoms with Gasteiger partial charge in [0.15, 0.2) is 0 Å². The summed E-state index contributed by atoms with van der Waals surface area (Å²) < 4.78 is 0. The Kier molecular flexibility index (Phi) is 6.59. The van der Waals surface area contributed by atoms with Gasteiger partial charge in [-0.05, 0) is 12.8 Å². The molecule has 0 spiro atoms. The normalized spacial score (nSPS) is 11.2. The summed E-state index contributed by atoms with van der Waals surface area (Å²) in [6.07, 6.45) is 11.8. The van der Waals surface area contributed by atoms with Crippen LogP contribution < -0.4 is 0 Å². The van der Waals surface area contributed by atoms with E-state index in [-0.39, 0.29) is 0 Å². The molecule has 0 nitrogen and oxygen atoms in total. The molecule has 0 heterocycles. The van der Waals surface area contributed by atoms with E-state index >= 15 is 0 Å². The van der Waals surface area contributed by atoms with Gasteiger partial charge in [-0.25, -0.2) is 0 Å². The molecule has 0 heteroatoms. The Labute approximate surface area is 57.6 Å². The molecule has 1 radical (unpaired) electrons. The molecule has 0 aliphatic heterocycles. The number of rotatable bonds is 4. The summed E-state index contributed by atoms with van der Waals surface area (Å²) in [4.78, 5) is 0. The van der Waals surface area contributed by atoms with Crippen molar-refractivity contribution in [3.8, 4) is 0 Å². The van der Waals surface area contributed by atoms with Gasteiger partial charge < -0.3 is 0 Å². The molecule has 0 N–H and O–H groups in total. The maximum atomic E-state index is 5.11. The molecule has 0 aromatic heterocycles. The Morgan fingerprint density at radius 3 is 2.56 bits per heavy atom. The fourth-order valence-electron chi connectivity index (χ4n) is 0.499. The molecule has 0 rings (SSSR count). The van der Waals surface area contributed by atoms with Crippen LogP contribution in [-0.2, 0) is 0 Å². The van der Waals surface area contributed by atoms with Crippen molar-refractivity contribution in [3.63, 3.8) is 0 Å². The van der Waals surface area contributed by atoms with Crippen LogP contribution in [0.3, 0.4) is 0 Å². The average molecular weight is 121 g/mol. The molecular weight excluding hydrogens is 108 g/mol. The summed E-state index contributed by atoms with van der Waals surface area (Å²) in [5.74, 6) is 0. The average Bonchev–Trinajstić information content (AvgIpc) is 1.89. The summed E-state index contributed by atoms with van der Waals surface area (Å²) in [5, 5.41) is 0. The third-order valence-corrected chi connectivity index (χ3v) is 0.922. The molecule has 0 aromatic carbocycles. The predicted molar refractivity (Wildman–Crippen MR) is 42.1 cm³/mol. The van der Waals surface area contributed by atoms with E-state index in [1.807, 2.05) is 12.2 Å². The molecule has 0 aromatic rings. The molecule has 0 bridgehead atoms. The van der Waals surface area contributed by atoms with E-state index in [9.17, 15) is 0 Å². The van der Waals surface area contributed by atoms with E-state index in [4.69, 9.17) is 6.58 Å². The first-order valence-electron chi connectivity index (χ1n) is 3.27. The summed E-state index contributed by atoms with van der Waals surface area (Å²) in [5.41, 5.74) is 0. The Hall–Kier alpha value is -0.780. The Morgan fingerprint density at radius 2 is 2.00 bits per heavy atom. The zero-order chi connectivity index (χ0) is 6.95. The number of hydrogen-bond donors (Lipinski definition) is 0. The van der Waals surface area contributed by atoms with E-state index < -0.39 is 0 Å². The van der Waals surface area contributed by atoms with E-state index in [1.54, 1.807) is 6.08 Å². The first-order valence-corrected chi connectivity index (χ1v) is 3.27. The maximum Gasteiger partial charge on any atom is -0.0166 e. The standard InChI is InChI=1S/C9H13/c1-3-5-7-9-8-6-4-2/h1,3,5-8H,4,9H2,2H3/b3-1?,7-5+,8-6+. The van der Waals surface area contributed by atoms with Crippen molar-refractivity contribution in [1.29, 1.82) is 0 Å². The smallest absolute Gasteiger partial charge is 0.0166 e. The Bertz CT molecular complexity index is 107. The lowest BCUT2D eigenvalue weighted by molar-refractivity contribution is 1.20. The molecule has 0 unspecified atom stereocenters. The lowest BCUT2D eigenvalue weighted by atomic mass is 10.3. The Balaban J connectivity index is 3.17. The van der Waals surface area contributed by atoms with Crippen molar-refractivity contribution < 1.29 is 0 Å². The highest BCUT2D eigenvalue weighted by atomic mass is 13.7. The van der Waals surface area contributed by atoms with Crippen molar-refractivity contribution in [2.75, 3.05) is 0 Å². The number of hydrogen-bond acceptors (Lipinski definition) is 0. The van der Waals surface area contributed by atoms with Crippen molar-refractivity contribution >= 4 is 0 Å². The minimum atomic E-state index is 0.988. The highest BCUT2D eigenvalue weighted by Crippen LogP contribution is 1.87. The lowest BCUT2D eigenvalue weighted by Crippen LogP contribution is -1.56. The van der Waals surface area contributed by atoms with Crippen LogP contribution in [0.2, 0.25) is 0 Å². The lowest BCUT2D eigenvalue weighted by Gasteiger charge is -1.77. The highest BCUT2D eigenvalue weighted by molar-refractivity contribution is 4.99. The minimum absolute atomic E-state index is 0.988. The van der Waals surface area contributed by atoms with Gasteiger partial charge in [0.1, 0.15) is 0 Å². The fraction of sp³-hybridized carbons (Fsp3) is 0.333. The first-order chi connectivity index (χ1) is 4.41. The van der Waals surface area contributed by atoms with Gasteiger partial charge in [-0.15, -0.1) is 0 Å². The monoisotopic (exact) mass is 121 g/mol. The molecular formula is C9H13. The third kappa shape index (κ3) is 7.22. The minimum Gasteiger partial charge on any atom is -0.0885 e. The zero-order valence-electron chi connectivity index (χ0n) is 5.88. The molecule has 0 atom stereocenters. The van der Waals surface area contributed by atoms with Gasteiger partial charge in [0, 0.05) is 0 Å². The van der Waals surface area contributed by atoms with Gasteiger partial charge in [-0.1, -0.05) is 43.9 Å². The van der Waals surface area contributed by atoms with Crippen LogP contribution in [0.25, 0.3) is 0 Å². The van der Waals surface area contributed by atoms with Gasteiger partial charge in [-0.3, -0.25) is 0 Å². The van der Waals surface area contributed by atoms with Crippen LogP contribution in [0.15, 0.2) is 30.4 Å². The largest absolute Gasteiger partial charge is 0.0885 e. The van der Waals surface area contributed by atoms with Crippen LogP contribution in [0, 0.1) is 6.58 Å². The van der Waals surface area contributed by atoms with Crippen molar-refractivity contribution in [2.24, 2.45) is 0 Å². The van der Waals surface area contributed by atoms with Gasteiger partial charge >= 0.3 is 0 Å². The third-order valence-electron chi connectivity index (χ3n) is 0.922. The number of allylic oxidation sites excluding steroid dienone is 5. The van der Waals surface area contributed by atoms with E-state index in [1.165, 1.54) is 0 Å². The molecule has 49 valence electrons. The first kappa shape index (κ1) is 8.22. The van der Waals surface area contributed by atoms with Crippen LogP contribution in [-0.4, -0.2) is 0 Å². The topological polar surface area (TPSA) is 0 Å². The molecule has 0 saturated heterocycles. The SMILES string of the molecule is [CH]=C/C=C/C/C=C/CC. The van der Waals surface area contributed by atoms with Gasteiger partial charge in [0.2, 0.25) is 0 Å². The molecule has 0 aliphatic carbocycles. The van der Waals surface area contributed by atoms with Crippen LogP contribution >= 0.6 is 0 Å².